The van der Waals surface area contributed by atoms with Crippen molar-refractivity contribution in [2.45, 2.75) is 0 Å². The molecule has 1 nitrogen and oxygen atoms in total. The van der Waals surface area contributed by atoms with Crippen molar-refractivity contribution in [2.75, 3.05) is 0 Å². The van der Waals surface area contributed by atoms with Gasteiger partial charge in [0.1, 0.15) is 0 Å². The standard InChI is InChI=1S/Fe.Gd.Mn.H2O/h;;;1H2/i;;;1+1. The summed E-state index contributed by atoms with van der Waals surface area (Å²) in [7, 11) is 0. The fourth-order valence-corrected chi connectivity index (χ4v) is 0. The quantitative estimate of drug-likeness (QED) is 0.521. The van der Waals surface area contributed by atoms with Crippen molar-refractivity contribution < 1.29 is 79.6 Å². The van der Waals surface area contributed by atoms with Crippen molar-refractivity contribution in [2.24, 2.45) is 0 Å². The van der Waals surface area contributed by atoms with Gasteiger partial charge < -0.3 is 5.48 Å². The molecule has 0 amide bonds. The molecule has 0 saturated heterocycles. The second-order valence-electron chi connectivity index (χ2n) is 0. The summed E-state index contributed by atoms with van der Waals surface area (Å²) in [6.45, 7) is 0. The van der Waals surface area contributed by atoms with Crippen LogP contribution in [0.5, 0.6) is 0 Å². The summed E-state index contributed by atoms with van der Waals surface area (Å²) < 4.78 is 0. The maximum atomic E-state index is 0. The molecule has 0 unspecified atom stereocenters. The molecule has 0 aliphatic heterocycles. The van der Waals surface area contributed by atoms with Gasteiger partial charge in [-0.1, -0.05) is 0 Å². The van der Waals surface area contributed by atoms with Crippen molar-refractivity contribution in [3.8, 4) is 0 Å². The van der Waals surface area contributed by atoms with Crippen LogP contribution in [-0.2, 0) is 34.1 Å². The molecule has 0 aliphatic carbocycles. The second kappa shape index (κ2) is 18.4. The van der Waals surface area contributed by atoms with Crippen molar-refractivity contribution >= 4 is 0 Å². The van der Waals surface area contributed by atoms with E-state index in [-0.39, 0.29) is 79.6 Å². The van der Waals surface area contributed by atoms with Crippen LogP contribution in [-0.4, -0.2) is 5.48 Å². The molecule has 0 atom stereocenters. The molecule has 0 aromatic rings. The van der Waals surface area contributed by atoms with Gasteiger partial charge in [-0.15, -0.1) is 0 Å². The van der Waals surface area contributed by atoms with Gasteiger partial charge in [0.15, 0.2) is 0 Å². The van der Waals surface area contributed by atoms with Gasteiger partial charge in [0.2, 0.25) is 0 Å². The van der Waals surface area contributed by atoms with Crippen LogP contribution in [0.15, 0.2) is 0 Å². The van der Waals surface area contributed by atoms with Gasteiger partial charge in [-0.3, -0.25) is 0 Å². The Bertz CT molecular complexity index is 8.00. The van der Waals surface area contributed by atoms with E-state index in [0.29, 0.717) is 0 Å². The van der Waals surface area contributed by atoms with Crippen molar-refractivity contribution in [3.63, 3.8) is 0 Å². The van der Waals surface area contributed by atoms with Gasteiger partial charge in [0, 0.05) is 74.1 Å². The van der Waals surface area contributed by atoms with E-state index in [2.05, 4.69) is 0 Å². The van der Waals surface area contributed by atoms with Crippen LogP contribution >= 0.6 is 0 Å². The Morgan fingerprint density at radius 1 is 1.00 bits per heavy atom. The first-order valence-electron chi connectivity index (χ1n) is 0. The summed E-state index contributed by atoms with van der Waals surface area (Å²) in [5.74, 6) is 0. The molecule has 4 heavy (non-hydrogen) atoms. The first kappa shape index (κ1) is 33.2. The van der Waals surface area contributed by atoms with Crippen LogP contribution in [0.1, 0.15) is 0 Å². The predicted molar refractivity (Wildman–Crippen MR) is 3.61 cm³/mol. The van der Waals surface area contributed by atoms with Crippen LogP contribution in [0.4, 0.5) is 0 Å². The molecule has 0 aromatic heterocycles. The van der Waals surface area contributed by atoms with Crippen LogP contribution in [0.2, 0.25) is 0 Å². The fourth-order valence-electron chi connectivity index (χ4n) is 0. The molecule has 0 bridgehead atoms. The van der Waals surface area contributed by atoms with Crippen LogP contribution in [0, 0.1) is 39.9 Å². The van der Waals surface area contributed by atoms with E-state index >= 15 is 0 Å². The fraction of sp³-hybridized carbons (Fsp3) is 0. The van der Waals surface area contributed by atoms with Crippen molar-refractivity contribution in [3.05, 3.63) is 0 Å². The Balaban J connectivity index is 0. The number of rotatable bonds is 0. The summed E-state index contributed by atoms with van der Waals surface area (Å²) in [6, 6.07) is 0. The summed E-state index contributed by atoms with van der Waals surface area (Å²) in [6.07, 6.45) is 0. The summed E-state index contributed by atoms with van der Waals surface area (Å²) in [5.41, 5.74) is 0. The minimum absolute atomic E-state index is 0. The smallest absolute Gasteiger partial charge is 0 e. The van der Waals surface area contributed by atoms with E-state index in [1.807, 2.05) is 0 Å². The molecule has 0 fully saturated rings. The van der Waals surface area contributed by atoms with Gasteiger partial charge in [0.05, 0.1) is 0 Å². The number of hydrogen-bond donors (Lipinski definition) is 0. The van der Waals surface area contributed by atoms with E-state index in [4.69, 9.17) is 0 Å². The van der Waals surface area contributed by atoms with Gasteiger partial charge in [0.25, 0.3) is 0 Å². The topological polar surface area (TPSA) is 31.5 Å². The molecule has 0 rings (SSSR count). The average molecular weight is 287 g/mol. The minimum Gasteiger partial charge on any atom is -0.412 e. The van der Waals surface area contributed by atoms with Crippen LogP contribution < -0.4 is 0 Å². The van der Waals surface area contributed by atoms with Gasteiger partial charge in [-0.05, 0) is 0 Å². The Morgan fingerprint density at radius 3 is 1.00 bits per heavy atom. The zero-order chi connectivity index (χ0) is 0. The molecule has 31 valence electrons. The first-order valence-corrected chi connectivity index (χ1v) is 0. The maximum absolute atomic E-state index is 0. The van der Waals surface area contributed by atoms with E-state index < -0.39 is 0 Å². The Morgan fingerprint density at radius 2 is 1.00 bits per heavy atom. The molecule has 2 N–H and O–H groups in total. The third-order valence-electron chi connectivity index (χ3n) is 0. The Hall–Kier alpha value is 2.32. The molecule has 0 aromatic carbocycles. The van der Waals surface area contributed by atoms with Crippen molar-refractivity contribution in [1.82, 2.24) is 0 Å². The molecule has 4 heteroatoms. The predicted octanol–water partition coefficient (Wildman–Crippen LogP) is -0.830. The van der Waals surface area contributed by atoms with Crippen molar-refractivity contribution in [1.29, 1.82) is 0 Å². The van der Waals surface area contributed by atoms with E-state index in [9.17, 15) is 0 Å². The maximum Gasteiger partial charge on any atom is 0 e. The Kier molecular flexibility index (Phi) is 153. The zero-order valence-electron chi connectivity index (χ0n) is 1.59. The summed E-state index contributed by atoms with van der Waals surface area (Å²) in [5, 5.41) is 0. The molecular weight excluding hydrogens is 285 g/mol. The third-order valence-corrected chi connectivity index (χ3v) is 0. The van der Waals surface area contributed by atoms with Gasteiger partial charge >= 0.3 is 0 Å². The minimum atomic E-state index is 0. The van der Waals surface area contributed by atoms with Crippen LogP contribution in [0.3, 0.4) is 0 Å². The van der Waals surface area contributed by atoms with E-state index in [1.54, 1.807) is 0 Å². The summed E-state index contributed by atoms with van der Waals surface area (Å²) >= 11 is 0. The molecule has 0 aliphatic rings. The first-order chi connectivity index (χ1) is 0. The zero-order valence-corrected chi connectivity index (χ0v) is 6.14. The van der Waals surface area contributed by atoms with Gasteiger partial charge in [-0.2, -0.15) is 0 Å². The third kappa shape index (κ3) is 8.85. The van der Waals surface area contributed by atoms with Crippen LogP contribution in [0.25, 0.3) is 0 Å². The average Bonchev–Trinajstić information content (AvgIpc) is 0. The summed E-state index contributed by atoms with van der Waals surface area (Å²) in [4.78, 5) is 0. The second-order valence-corrected chi connectivity index (χ2v) is 0. The molecule has 0 heterocycles. The van der Waals surface area contributed by atoms with E-state index in [1.165, 1.54) is 0 Å². The molecule has 0 saturated carbocycles. The Labute approximate surface area is 78.2 Å². The molecule has 0 spiro atoms. The monoisotopic (exact) mass is 288 g/mol. The molecule has 1 radical (unpaired) electrons. The molecular formula is H2FeGdMnO. The number of hydrogen-bond acceptors (Lipinski definition) is 0. The largest absolute Gasteiger partial charge is 0.412 e. The van der Waals surface area contributed by atoms with Gasteiger partial charge in [-0.25, -0.2) is 0 Å². The van der Waals surface area contributed by atoms with E-state index in [0.717, 1.165) is 0 Å². The SMILES string of the molecule is [17OH2].[Fe].[Gd].[Mn]. The normalized spacial score (nSPS) is 0.